The van der Waals surface area contributed by atoms with E-state index in [9.17, 15) is 4.79 Å². The fourth-order valence-electron chi connectivity index (χ4n) is 2.65. The molecule has 5 heteroatoms. The number of hydrogen-bond donors (Lipinski definition) is 2. The van der Waals surface area contributed by atoms with Crippen molar-refractivity contribution in [1.29, 1.82) is 0 Å². The van der Waals surface area contributed by atoms with Crippen LogP contribution in [0.4, 0.5) is 0 Å². The van der Waals surface area contributed by atoms with Crippen molar-refractivity contribution in [1.82, 2.24) is 10.6 Å². The number of carbonyl (C=O) groups excluding carboxylic acids is 1. The largest absolute Gasteiger partial charge is 0.351 e. The molecule has 1 atom stereocenters. The molecule has 1 aliphatic rings. The number of carbonyl (C=O) groups is 1. The van der Waals surface area contributed by atoms with Gasteiger partial charge in [-0.25, -0.2) is 0 Å². The van der Waals surface area contributed by atoms with Crippen molar-refractivity contribution in [3.05, 3.63) is 42.5 Å². The Labute approximate surface area is 141 Å². The minimum atomic E-state index is 0. The molecule has 3 nitrogen and oxygen atoms in total. The first kappa shape index (κ1) is 17.1. The van der Waals surface area contributed by atoms with E-state index in [2.05, 4.69) is 41.0 Å². The van der Waals surface area contributed by atoms with Crippen molar-refractivity contribution >= 4 is 40.8 Å². The van der Waals surface area contributed by atoms with Crippen molar-refractivity contribution < 1.29 is 4.79 Å². The van der Waals surface area contributed by atoms with E-state index in [-0.39, 0.29) is 18.3 Å². The average Bonchev–Trinajstić information content (AvgIpc) is 2.54. The van der Waals surface area contributed by atoms with Gasteiger partial charge in [-0.05, 0) is 42.3 Å². The van der Waals surface area contributed by atoms with Gasteiger partial charge >= 0.3 is 0 Å². The van der Waals surface area contributed by atoms with Gasteiger partial charge in [0.1, 0.15) is 0 Å². The van der Waals surface area contributed by atoms with Gasteiger partial charge in [-0.15, -0.1) is 24.2 Å². The smallest absolute Gasteiger partial charge is 0.230 e. The van der Waals surface area contributed by atoms with Gasteiger partial charge in [0.2, 0.25) is 5.91 Å². The van der Waals surface area contributed by atoms with Crippen LogP contribution in [-0.4, -0.2) is 30.8 Å². The molecule has 1 unspecified atom stereocenters. The zero-order valence-corrected chi connectivity index (χ0v) is 14.0. The third-order valence-electron chi connectivity index (χ3n) is 3.75. The summed E-state index contributed by atoms with van der Waals surface area (Å²) in [6.45, 7) is 1.96. The number of halogens is 1. The van der Waals surface area contributed by atoms with E-state index >= 15 is 0 Å². The van der Waals surface area contributed by atoms with E-state index in [0.717, 1.165) is 30.8 Å². The van der Waals surface area contributed by atoms with Crippen LogP contribution in [0.25, 0.3) is 10.8 Å². The fourth-order valence-corrected chi connectivity index (χ4v) is 3.41. The van der Waals surface area contributed by atoms with Crippen molar-refractivity contribution in [3.8, 4) is 0 Å². The average molecular weight is 337 g/mol. The highest BCUT2D eigenvalue weighted by atomic mass is 35.5. The maximum absolute atomic E-state index is 12.0. The first-order chi connectivity index (χ1) is 10.3. The van der Waals surface area contributed by atoms with E-state index in [4.69, 9.17) is 0 Å². The first-order valence-electron chi connectivity index (χ1n) is 7.43. The Hall–Kier alpha value is -1.23. The number of thioether (sulfide) groups is 1. The maximum atomic E-state index is 12.0. The molecule has 2 N–H and O–H groups in total. The summed E-state index contributed by atoms with van der Waals surface area (Å²) < 4.78 is 0. The summed E-state index contributed by atoms with van der Waals surface area (Å²) in [4.78, 5) is 13.1. The van der Waals surface area contributed by atoms with E-state index in [1.165, 1.54) is 10.8 Å². The second-order valence-corrected chi connectivity index (χ2v) is 6.46. The van der Waals surface area contributed by atoms with Gasteiger partial charge in [-0.3, -0.25) is 4.79 Å². The molecule has 1 amide bonds. The molecule has 0 spiro atoms. The second-order valence-electron chi connectivity index (χ2n) is 5.41. The first-order valence-corrected chi connectivity index (χ1v) is 8.41. The number of benzene rings is 2. The van der Waals surface area contributed by atoms with Crippen LogP contribution < -0.4 is 10.6 Å². The van der Waals surface area contributed by atoms with Crippen LogP contribution in [0.2, 0.25) is 0 Å². The van der Waals surface area contributed by atoms with Crippen molar-refractivity contribution in [2.45, 2.75) is 23.8 Å². The Kier molecular flexibility index (Phi) is 6.55. The van der Waals surface area contributed by atoms with Gasteiger partial charge in [0.25, 0.3) is 0 Å². The number of nitrogens with one attached hydrogen (secondary N) is 2. The van der Waals surface area contributed by atoms with Crippen LogP contribution in [0, 0.1) is 0 Å². The third kappa shape index (κ3) is 4.63. The summed E-state index contributed by atoms with van der Waals surface area (Å²) in [5, 5.41) is 8.87. The molecule has 118 valence electrons. The Morgan fingerprint density at radius 2 is 2.05 bits per heavy atom. The van der Waals surface area contributed by atoms with Gasteiger partial charge in [-0.2, -0.15) is 0 Å². The predicted molar refractivity (Wildman–Crippen MR) is 96.0 cm³/mol. The van der Waals surface area contributed by atoms with Crippen LogP contribution in [0.15, 0.2) is 47.4 Å². The van der Waals surface area contributed by atoms with E-state index in [1.54, 1.807) is 11.8 Å². The molecule has 3 rings (SSSR count). The van der Waals surface area contributed by atoms with Crippen LogP contribution >= 0.6 is 24.2 Å². The highest BCUT2D eigenvalue weighted by molar-refractivity contribution is 8.00. The summed E-state index contributed by atoms with van der Waals surface area (Å²) in [5.41, 5.74) is 0. The van der Waals surface area contributed by atoms with Gasteiger partial charge in [-0.1, -0.05) is 30.3 Å². The fraction of sp³-hybridized carbons (Fsp3) is 0.353. The normalized spacial score (nSPS) is 17.7. The van der Waals surface area contributed by atoms with Gasteiger partial charge < -0.3 is 10.6 Å². The van der Waals surface area contributed by atoms with Crippen LogP contribution in [-0.2, 0) is 4.79 Å². The zero-order chi connectivity index (χ0) is 14.5. The predicted octanol–water partition coefficient (Wildman–Crippen LogP) is 3.22. The maximum Gasteiger partial charge on any atom is 0.230 e. The highest BCUT2D eigenvalue weighted by Gasteiger charge is 2.15. The molecular weight excluding hydrogens is 316 g/mol. The monoisotopic (exact) mass is 336 g/mol. The minimum absolute atomic E-state index is 0. The molecule has 2 aromatic rings. The summed E-state index contributed by atoms with van der Waals surface area (Å²) in [6.07, 6.45) is 2.22. The molecule has 1 aliphatic heterocycles. The lowest BCUT2D eigenvalue weighted by Gasteiger charge is -2.23. The van der Waals surface area contributed by atoms with E-state index < -0.39 is 0 Å². The Balaban J connectivity index is 0.00000176. The molecule has 0 aliphatic carbocycles. The van der Waals surface area contributed by atoms with Crippen LogP contribution in [0.3, 0.4) is 0 Å². The lowest BCUT2D eigenvalue weighted by molar-refractivity contribution is -0.119. The standard InChI is InChI=1S/C17H20N2OS.ClH/c20-17(19-15-6-3-9-18-11-15)12-21-16-8-7-13-4-1-2-5-14(13)10-16;/h1-2,4-5,7-8,10,15,18H,3,6,9,11-12H2,(H,19,20);1H. The van der Waals surface area contributed by atoms with Crippen molar-refractivity contribution in [2.75, 3.05) is 18.8 Å². The highest BCUT2D eigenvalue weighted by Crippen LogP contribution is 2.23. The van der Waals surface area contributed by atoms with E-state index in [0.29, 0.717) is 11.8 Å². The summed E-state index contributed by atoms with van der Waals surface area (Å²) in [6, 6.07) is 14.9. The SMILES string of the molecule is Cl.O=C(CSc1ccc2ccccc2c1)NC1CCCNC1. The number of fused-ring (bicyclic) bond motifs is 1. The van der Waals surface area contributed by atoms with Crippen molar-refractivity contribution in [3.63, 3.8) is 0 Å². The topological polar surface area (TPSA) is 41.1 Å². The summed E-state index contributed by atoms with van der Waals surface area (Å²) >= 11 is 1.60. The Morgan fingerprint density at radius 3 is 2.82 bits per heavy atom. The molecule has 0 radical (unpaired) electrons. The molecule has 1 fully saturated rings. The lowest BCUT2D eigenvalue weighted by atomic mass is 10.1. The van der Waals surface area contributed by atoms with Crippen molar-refractivity contribution in [2.24, 2.45) is 0 Å². The molecule has 22 heavy (non-hydrogen) atoms. The second kappa shape index (κ2) is 8.42. The molecule has 0 saturated carbocycles. The molecule has 1 heterocycles. The molecular formula is C17H21ClN2OS. The van der Waals surface area contributed by atoms with Crippen LogP contribution in [0.5, 0.6) is 0 Å². The summed E-state index contributed by atoms with van der Waals surface area (Å²) in [7, 11) is 0. The number of rotatable bonds is 4. The lowest BCUT2D eigenvalue weighted by Crippen LogP contribution is -2.46. The quantitative estimate of drug-likeness (QED) is 0.842. The third-order valence-corrected chi connectivity index (χ3v) is 4.75. The Morgan fingerprint density at radius 1 is 1.23 bits per heavy atom. The molecule has 0 aromatic heterocycles. The number of hydrogen-bond acceptors (Lipinski definition) is 3. The van der Waals surface area contributed by atoms with Gasteiger partial charge in [0, 0.05) is 17.5 Å². The zero-order valence-electron chi connectivity index (χ0n) is 12.4. The van der Waals surface area contributed by atoms with Crippen LogP contribution in [0.1, 0.15) is 12.8 Å². The summed E-state index contributed by atoms with van der Waals surface area (Å²) in [5.74, 6) is 0.608. The van der Waals surface area contributed by atoms with Gasteiger partial charge in [0.15, 0.2) is 0 Å². The molecule has 1 saturated heterocycles. The number of piperidine rings is 1. The Bertz CT molecular complexity index is 629. The molecule has 2 aromatic carbocycles. The van der Waals surface area contributed by atoms with Gasteiger partial charge in [0.05, 0.1) is 5.75 Å². The minimum Gasteiger partial charge on any atom is -0.351 e. The number of amides is 1. The van der Waals surface area contributed by atoms with E-state index in [1.807, 2.05) is 12.1 Å². The molecule has 0 bridgehead atoms.